The topological polar surface area (TPSA) is 121 Å². The lowest BCUT2D eigenvalue weighted by Gasteiger charge is -2.22. The number of aromatic carboxylic acids is 1. The van der Waals surface area contributed by atoms with Crippen LogP contribution in [0.2, 0.25) is 5.02 Å². The molecule has 1 atom stereocenters. The van der Waals surface area contributed by atoms with Crippen LogP contribution in [0.4, 0.5) is 9.18 Å². The van der Waals surface area contributed by atoms with Gasteiger partial charge in [-0.25, -0.2) is 14.0 Å². The van der Waals surface area contributed by atoms with Crippen LogP contribution in [0.25, 0.3) is 10.9 Å². The number of benzene rings is 1. The van der Waals surface area contributed by atoms with Crippen molar-refractivity contribution in [2.75, 3.05) is 0 Å². The summed E-state index contributed by atoms with van der Waals surface area (Å²) in [6.45, 7) is 6.81. The first kappa shape index (κ1) is 23.7. The van der Waals surface area contributed by atoms with Gasteiger partial charge in [0, 0.05) is 30.4 Å². The Bertz CT molecular complexity index is 1180. The number of hydrogen-bond donors (Lipinski definition) is 3. The maximum Gasteiger partial charge on any atom is 0.407 e. The molecular weight excluding hydrogens is 441 g/mol. The van der Waals surface area contributed by atoms with Gasteiger partial charge in [0.15, 0.2) is 0 Å². The number of hydrogen-bond acceptors (Lipinski definition) is 5. The fourth-order valence-corrected chi connectivity index (χ4v) is 3.88. The average molecular weight is 466 g/mol. The molecule has 1 aromatic carbocycles. The lowest BCUT2D eigenvalue weighted by atomic mass is 10.00. The van der Waals surface area contributed by atoms with Crippen molar-refractivity contribution in [3.05, 3.63) is 44.5 Å². The Morgan fingerprint density at radius 2 is 2.03 bits per heavy atom. The van der Waals surface area contributed by atoms with Crippen LogP contribution in [0.3, 0.4) is 0 Å². The number of nitrogens with zero attached hydrogens (tertiary/aromatic N) is 1. The second kappa shape index (κ2) is 8.54. The monoisotopic (exact) mass is 465 g/mol. The minimum atomic E-state index is -1.40. The molecule has 0 unspecified atom stereocenters. The maximum absolute atomic E-state index is 15.0. The number of amides is 1. The minimum absolute atomic E-state index is 0.0394. The number of carbonyl (C=O) groups is 2. The van der Waals surface area contributed by atoms with E-state index in [1.54, 1.807) is 32.3 Å². The number of carboxylic acid groups (broad SMARTS) is 1. The van der Waals surface area contributed by atoms with Gasteiger partial charge in [0.05, 0.1) is 21.5 Å². The molecule has 3 rings (SSSR count). The molecule has 1 aromatic heterocycles. The van der Waals surface area contributed by atoms with Crippen LogP contribution < -0.4 is 10.7 Å². The zero-order valence-corrected chi connectivity index (χ0v) is 19.0. The third-order valence-electron chi connectivity index (χ3n) is 4.95. The van der Waals surface area contributed by atoms with Crippen molar-refractivity contribution in [3.63, 3.8) is 0 Å². The van der Waals surface area contributed by atoms with Gasteiger partial charge in [-0.15, -0.1) is 0 Å². The normalized spacial score (nSPS) is 14.8. The minimum Gasteiger partial charge on any atom is -0.477 e. The molecule has 0 spiro atoms. The first-order valence-electron chi connectivity index (χ1n) is 10.2. The van der Waals surface area contributed by atoms with Crippen LogP contribution in [0.15, 0.2) is 17.1 Å². The Morgan fingerprint density at radius 3 is 2.56 bits per heavy atom. The molecule has 8 nitrogen and oxygen atoms in total. The van der Waals surface area contributed by atoms with Crippen molar-refractivity contribution >= 4 is 40.3 Å². The SMILES string of the molecule is C[C@@H](CC(=N)c1c(F)cc2c(=O)c(C(=O)O)cn(C3CC3)c2c1Cl)NC(=O)OC(C)(C)C. The van der Waals surface area contributed by atoms with Gasteiger partial charge in [-0.3, -0.25) is 4.79 Å². The number of aromatic nitrogens is 1. The second-order valence-electron chi connectivity index (χ2n) is 8.99. The predicted molar refractivity (Wildman–Crippen MR) is 119 cm³/mol. The van der Waals surface area contributed by atoms with Crippen molar-refractivity contribution < 1.29 is 23.8 Å². The number of carboxylic acids is 1. The van der Waals surface area contributed by atoms with E-state index in [0.717, 1.165) is 18.9 Å². The van der Waals surface area contributed by atoms with Crippen molar-refractivity contribution in [3.8, 4) is 0 Å². The van der Waals surface area contributed by atoms with Crippen molar-refractivity contribution in [2.45, 2.75) is 64.6 Å². The van der Waals surface area contributed by atoms with Gasteiger partial charge in [0.1, 0.15) is 17.0 Å². The molecule has 2 aromatic rings. The highest BCUT2D eigenvalue weighted by atomic mass is 35.5. The molecule has 1 aliphatic carbocycles. The van der Waals surface area contributed by atoms with Crippen LogP contribution >= 0.6 is 11.6 Å². The van der Waals surface area contributed by atoms with Gasteiger partial charge in [-0.1, -0.05) is 11.6 Å². The molecule has 0 radical (unpaired) electrons. The molecule has 1 amide bonds. The number of halogens is 2. The van der Waals surface area contributed by atoms with Gasteiger partial charge in [0.2, 0.25) is 5.43 Å². The zero-order valence-electron chi connectivity index (χ0n) is 18.2. The summed E-state index contributed by atoms with van der Waals surface area (Å²) in [4.78, 5) is 36.1. The number of fused-ring (bicyclic) bond motifs is 1. The van der Waals surface area contributed by atoms with E-state index >= 15 is 0 Å². The van der Waals surface area contributed by atoms with Crippen molar-refractivity contribution in [1.82, 2.24) is 9.88 Å². The fraction of sp³-hybridized carbons (Fsp3) is 0.455. The molecule has 172 valence electrons. The summed E-state index contributed by atoms with van der Waals surface area (Å²) in [7, 11) is 0. The molecule has 3 N–H and O–H groups in total. The molecule has 10 heteroatoms. The Balaban J connectivity index is 1.99. The molecule has 0 saturated heterocycles. The van der Waals surface area contributed by atoms with Crippen LogP contribution in [-0.2, 0) is 4.74 Å². The van der Waals surface area contributed by atoms with E-state index in [2.05, 4.69) is 5.32 Å². The van der Waals surface area contributed by atoms with Crippen molar-refractivity contribution in [2.24, 2.45) is 0 Å². The number of nitrogens with one attached hydrogen (secondary N) is 2. The zero-order chi connectivity index (χ0) is 24.0. The average Bonchev–Trinajstić information content (AvgIpc) is 3.45. The quantitative estimate of drug-likeness (QED) is 0.542. The van der Waals surface area contributed by atoms with Gasteiger partial charge < -0.3 is 25.1 Å². The van der Waals surface area contributed by atoms with Gasteiger partial charge in [-0.05, 0) is 46.6 Å². The van der Waals surface area contributed by atoms with E-state index in [9.17, 15) is 23.9 Å². The number of pyridine rings is 1. The summed E-state index contributed by atoms with van der Waals surface area (Å²) >= 11 is 6.50. The fourth-order valence-electron chi connectivity index (χ4n) is 3.48. The first-order chi connectivity index (χ1) is 14.8. The smallest absolute Gasteiger partial charge is 0.407 e. The molecule has 32 heavy (non-hydrogen) atoms. The predicted octanol–water partition coefficient (Wildman–Crippen LogP) is 4.50. The summed E-state index contributed by atoms with van der Waals surface area (Å²) in [5.74, 6) is -2.30. The molecule has 1 heterocycles. The Hall–Kier alpha value is -2.94. The summed E-state index contributed by atoms with van der Waals surface area (Å²) in [5, 5.41) is 20.1. The molecule has 1 fully saturated rings. The van der Waals surface area contributed by atoms with Crippen molar-refractivity contribution in [1.29, 1.82) is 5.41 Å². The third-order valence-corrected chi connectivity index (χ3v) is 5.32. The number of alkyl carbamates (subject to hydrolysis) is 1. The summed E-state index contributed by atoms with van der Waals surface area (Å²) in [6, 6.07) is 0.336. The van der Waals surface area contributed by atoms with E-state index in [-0.39, 0.29) is 39.7 Å². The summed E-state index contributed by atoms with van der Waals surface area (Å²) < 4.78 is 21.8. The summed E-state index contributed by atoms with van der Waals surface area (Å²) in [5.41, 5.74) is -2.13. The number of rotatable bonds is 6. The van der Waals surface area contributed by atoms with Crippen LogP contribution in [-0.4, -0.2) is 39.1 Å². The first-order valence-corrected chi connectivity index (χ1v) is 10.6. The van der Waals surface area contributed by atoms with Gasteiger partial charge in [-0.2, -0.15) is 0 Å². The lowest BCUT2D eigenvalue weighted by Crippen LogP contribution is -2.38. The lowest BCUT2D eigenvalue weighted by molar-refractivity contribution is 0.0509. The largest absolute Gasteiger partial charge is 0.477 e. The van der Waals surface area contributed by atoms with E-state index in [4.69, 9.17) is 21.7 Å². The third kappa shape index (κ3) is 4.93. The molecule has 1 aliphatic rings. The molecule has 0 aliphatic heterocycles. The highest BCUT2D eigenvalue weighted by Gasteiger charge is 2.30. The van der Waals surface area contributed by atoms with E-state index < -0.39 is 40.5 Å². The Labute approximate surface area is 188 Å². The van der Waals surface area contributed by atoms with Crippen LogP contribution in [0.5, 0.6) is 0 Å². The Kier molecular flexibility index (Phi) is 6.33. The number of carbonyl (C=O) groups excluding carboxylic acids is 1. The van der Waals surface area contributed by atoms with E-state index in [1.807, 2.05) is 0 Å². The standard InChI is InChI=1S/C22H25ClFN3O5/c1-10(26-21(31)32-22(2,3)4)7-15(25)16-14(24)8-12-18(17(16)23)27(11-5-6-11)9-13(19(12)28)20(29)30/h8-11,25H,5-7H2,1-4H3,(H,26,31)(H,29,30)/t10-/m0/s1. The Morgan fingerprint density at radius 1 is 1.41 bits per heavy atom. The second-order valence-corrected chi connectivity index (χ2v) is 9.37. The summed E-state index contributed by atoms with van der Waals surface area (Å²) in [6.07, 6.45) is 2.08. The van der Waals surface area contributed by atoms with Gasteiger partial charge >= 0.3 is 12.1 Å². The van der Waals surface area contributed by atoms with E-state index in [0.29, 0.717) is 0 Å². The van der Waals surface area contributed by atoms with Gasteiger partial charge in [0.25, 0.3) is 0 Å². The molecule has 1 saturated carbocycles. The van der Waals surface area contributed by atoms with Crippen LogP contribution in [0, 0.1) is 11.2 Å². The highest BCUT2D eigenvalue weighted by molar-refractivity contribution is 6.38. The highest BCUT2D eigenvalue weighted by Crippen LogP contribution is 2.40. The molecule has 0 bridgehead atoms. The number of ether oxygens (including phenoxy) is 1. The van der Waals surface area contributed by atoms with Crippen LogP contribution in [0.1, 0.15) is 68.9 Å². The molecular formula is C22H25ClFN3O5. The maximum atomic E-state index is 15.0. The van der Waals surface area contributed by atoms with E-state index in [1.165, 1.54) is 6.20 Å².